The van der Waals surface area contributed by atoms with Crippen molar-refractivity contribution in [1.82, 2.24) is 9.80 Å². The maximum Gasteiger partial charge on any atom is 0.309 e. The Kier molecular flexibility index (Phi) is 19.8. The number of hydrogen-bond donors (Lipinski definition) is 3. The molecule has 0 spiro atoms. The third kappa shape index (κ3) is 14.1. The average Bonchev–Trinajstić information content (AvgIpc) is 3.18. The van der Waals surface area contributed by atoms with Crippen LogP contribution in [0.2, 0.25) is 0 Å². The number of aliphatic hydroxyl groups excluding tert-OH is 2. The third-order valence-corrected chi connectivity index (χ3v) is 13.5. The molecule has 0 aromatic rings. The van der Waals surface area contributed by atoms with E-state index < -0.39 is 109 Å². The van der Waals surface area contributed by atoms with Gasteiger partial charge >= 0.3 is 11.9 Å². The van der Waals surface area contributed by atoms with Gasteiger partial charge in [-0.25, -0.2) is 0 Å². The topological polar surface area (TPSA) is 192 Å². The van der Waals surface area contributed by atoms with Crippen molar-refractivity contribution >= 4 is 18.2 Å². The number of carbonyl (C=O) groups is 3. The summed E-state index contributed by atoms with van der Waals surface area (Å²) in [6.07, 6.45) is -1.68. The predicted octanol–water partition coefficient (Wildman–Crippen LogP) is 4.15. The van der Waals surface area contributed by atoms with E-state index in [4.69, 9.17) is 37.9 Å². The Morgan fingerprint density at radius 2 is 1.59 bits per heavy atom. The molecule has 3 saturated heterocycles. The Balaban J connectivity index is 1.73. The summed E-state index contributed by atoms with van der Waals surface area (Å²) in [4.78, 5) is 43.8. The number of likely N-dealkylation sites (N-methyl/N-ethyl adjacent to an activating group) is 2. The first-order chi connectivity index (χ1) is 29.5. The van der Waals surface area contributed by atoms with Crippen molar-refractivity contribution in [3.05, 3.63) is 23.8 Å². The highest BCUT2D eigenvalue weighted by molar-refractivity contribution is 5.72. The molecule has 4 aliphatic rings. The summed E-state index contributed by atoms with van der Waals surface area (Å²) in [5, 5.41) is 33.6. The fraction of sp³-hybridized carbons (Fsp3) is 0.851. The molecule has 3 fully saturated rings. The first kappa shape index (κ1) is 53.3. The summed E-state index contributed by atoms with van der Waals surface area (Å²) < 4.78 is 50.6. The van der Waals surface area contributed by atoms with Gasteiger partial charge in [0.2, 0.25) is 0 Å². The van der Waals surface area contributed by atoms with Crippen molar-refractivity contribution in [3.8, 4) is 0 Å². The Hall–Kier alpha value is -2.35. The Morgan fingerprint density at radius 3 is 2.16 bits per heavy atom. The van der Waals surface area contributed by atoms with E-state index in [0.29, 0.717) is 12.8 Å². The standard InChI is InChI=1S/C47H80N2O14/c1-15-35-26(3)20-25(2)16-18-36(61-39-19-17-34(48(11)12)29(6)56-39)27(4)21-33(24-50)43(28(5)37(59-32(9)51)22-38(52)60-35)63-46-42(53)41(49(13)14)44(30(7)58-46)62-40-23-47(10,55)45(54)31(8)57-40/h16,18,20,24,26-31,33-37,39-46,53-55H,15,17,19,21-23H2,1-14H3/b18-16+,25-20+/t26-,27+,28-,29+,30+,31-,33+,34-,35+,36?,37+,39-,40-,41+,42+,43+,44+,45-,46-,47+/m0/s1. The highest BCUT2D eigenvalue weighted by Crippen LogP contribution is 2.38. The van der Waals surface area contributed by atoms with Crippen molar-refractivity contribution in [3.63, 3.8) is 0 Å². The Labute approximate surface area is 375 Å². The van der Waals surface area contributed by atoms with Crippen LogP contribution in [0.3, 0.4) is 0 Å². The summed E-state index contributed by atoms with van der Waals surface area (Å²) >= 11 is 0. The number of aliphatic hydroxyl groups is 3. The molecule has 3 N–H and O–H groups in total. The first-order valence-corrected chi connectivity index (χ1v) is 23.0. The summed E-state index contributed by atoms with van der Waals surface area (Å²) in [7, 11) is 7.65. The molecule has 20 atom stereocenters. The van der Waals surface area contributed by atoms with E-state index in [1.807, 2.05) is 60.9 Å². The average molecular weight is 897 g/mol. The zero-order chi connectivity index (χ0) is 47.1. The predicted molar refractivity (Wildman–Crippen MR) is 234 cm³/mol. The molecule has 16 nitrogen and oxygen atoms in total. The van der Waals surface area contributed by atoms with Crippen molar-refractivity contribution in [2.75, 3.05) is 28.2 Å². The number of aldehydes is 1. The lowest BCUT2D eigenvalue weighted by Gasteiger charge is -2.50. The molecule has 0 aromatic heterocycles. The molecule has 0 amide bonds. The lowest BCUT2D eigenvalue weighted by molar-refractivity contribution is -0.341. The van der Waals surface area contributed by atoms with Crippen molar-refractivity contribution in [2.24, 2.45) is 23.7 Å². The monoisotopic (exact) mass is 897 g/mol. The maximum atomic E-state index is 13.7. The molecule has 0 bridgehead atoms. The molecule has 4 aliphatic heterocycles. The van der Waals surface area contributed by atoms with Gasteiger partial charge in [0, 0.05) is 37.1 Å². The van der Waals surface area contributed by atoms with Crippen LogP contribution in [0.4, 0.5) is 0 Å². The van der Waals surface area contributed by atoms with E-state index in [9.17, 15) is 29.7 Å². The molecule has 63 heavy (non-hydrogen) atoms. The van der Waals surface area contributed by atoms with Crippen LogP contribution in [0.1, 0.15) is 108 Å². The van der Waals surface area contributed by atoms with Gasteiger partial charge in [-0.3, -0.25) is 9.59 Å². The van der Waals surface area contributed by atoms with Crippen LogP contribution in [0.25, 0.3) is 0 Å². The van der Waals surface area contributed by atoms with Gasteiger partial charge in [-0.1, -0.05) is 51.5 Å². The molecular weight excluding hydrogens is 817 g/mol. The van der Waals surface area contributed by atoms with Gasteiger partial charge in [0.25, 0.3) is 0 Å². The molecule has 0 aromatic carbocycles. The van der Waals surface area contributed by atoms with Crippen molar-refractivity contribution < 1.29 is 67.6 Å². The number of allylic oxidation sites excluding steroid dienone is 2. The van der Waals surface area contributed by atoms with Crippen molar-refractivity contribution in [2.45, 2.75) is 205 Å². The Bertz CT molecular complexity index is 1540. The lowest BCUT2D eigenvalue weighted by Crippen LogP contribution is -2.65. The van der Waals surface area contributed by atoms with Crippen LogP contribution in [-0.2, 0) is 52.3 Å². The highest BCUT2D eigenvalue weighted by atomic mass is 16.7. The minimum Gasteiger partial charge on any atom is -0.462 e. The van der Waals surface area contributed by atoms with Gasteiger partial charge < -0.3 is 67.8 Å². The van der Waals surface area contributed by atoms with Crippen molar-refractivity contribution in [1.29, 1.82) is 0 Å². The van der Waals surface area contributed by atoms with E-state index in [1.54, 1.807) is 39.8 Å². The fourth-order valence-corrected chi connectivity index (χ4v) is 9.88. The van der Waals surface area contributed by atoms with E-state index in [0.717, 1.165) is 18.3 Å². The van der Waals surface area contributed by atoms with Crippen LogP contribution < -0.4 is 0 Å². The van der Waals surface area contributed by atoms with E-state index in [2.05, 4.69) is 11.0 Å². The second-order valence-corrected chi connectivity index (χ2v) is 19.4. The van der Waals surface area contributed by atoms with Crippen LogP contribution in [0.15, 0.2) is 23.8 Å². The third-order valence-electron chi connectivity index (χ3n) is 13.5. The largest absolute Gasteiger partial charge is 0.462 e. The summed E-state index contributed by atoms with van der Waals surface area (Å²) in [5.74, 6) is -3.28. The molecule has 16 heteroatoms. The van der Waals surface area contributed by atoms with Gasteiger partial charge in [0.05, 0.1) is 48.6 Å². The second-order valence-electron chi connectivity index (χ2n) is 19.4. The lowest BCUT2D eigenvalue weighted by atomic mass is 9.81. The minimum atomic E-state index is -1.48. The van der Waals surface area contributed by atoms with Gasteiger partial charge in [0.1, 0.15) is 36.8 Å². The van der Waals surface area contributed by atoms with Gasteiger partial charge in [-0.05, 0) is 94.4 Å². The van der Waals surface area contributed by atoms with E-state index in [1.165, 1.54) is 13.8 Å². The number of cyclic esters (lactones) is 1. The fourth-order valence-electron chi connectivity index (χ4n) is 9.88. The van der Waals surface area contributed by atoms with Crippen LogP contribution in [-0.4, -0.2) is 169 Å². The number of rotatable bonds is 11. The molecule has 4 heterocycles. The molecule has 4 rings (SSSR count). The summed E-state index contributed by atoms with van der Waals surface area (Å²) in [6, 6.07) is -0.490. The number of hydrogen-bond acceptors (Lipinski definition) is 16. The molecule has 0 saturated carbocycles. The number of ether oxygens (including phenoxy) is 8. The number of carbonyl (C=O) groups excluding carboxylic acids is 3. The second kappa shape index (κ2) is 23.4. The van der Waals surface area contributed by atoms with Crippen LogP contribution >= 0.6 is 0 Å². The molecule has 362 valence electrons. The number of esters is 2. The maximum absolute atomic E-state index is 13.7. The SMILES string of the molecule is CC[C@H]1OC(=O)C[C@@H](OC(C)=O)[C@H](C)[C@@H](O[C@@H]2O[C@H](C)[C@@H](O[C@H]3C[C@@](C)(O)[C@@H](O)[C@H](C)O3)[C@H](N(C)C)[C@H]2O)[C@@H](C=O)C[C@@H](C)C(O[C@H]2CC[C@H](N(C)C)[C@@H](C)O2)/C=C/C(C)=C/[C@@H]1C. The zero-order valence-electron chi connectivity index (χ0n) is 40.2. The zero-order valence-corrected chi connectivity index (χ0v) is 40.2. The molecule has 0 aliphatic carbocycles. The normalized spacial score (nSPS) is 45.2. The molecule has 0 radical (unpaired) electrons. The van der Waals surface area contributed by atoms with E-state index >= 15 is 0 Å². The molecule has 1 unspecified atom stereocenters. The van der Waals surface area contributed by atoms with Gasteiger partial charge in [-0.15, -0.1) is 0 Å². The van der Waals surface area contributed by atoms with Crippen LogP contribution in [0, 0.1) is 23.7 Å². The van der Waals surface area contributed by atoms with Crippen LogP contribution in [0.5, 0.6) is 0 Å². The first-order valence-electron chi connectivity index (χ1n) is 23.0. The minimum absolute atomic E-state index is 0.0210. The van der Waals surface area contributed by atoms with E-state index in [-0.39, 0.29) is 43.2 Å². The van der Waals surface area contributed by atoms with Gasteiger partial charge in [0.15, 0.2) is 18.9 Å². The molecular formula is C47H80N2O14. The summed E-state index contributed by atoms with van der Waals surface area (Å²) in [6.45, 7) is 17.9. The highest BCUT2D eigenvalue weighted by Gasteiger charge is 2.51. The quantitative estimate of drug-likeness (QED) is 0.198. The summed E-state index contributed by atoms with van der Waals surface area (Å²) in [5.41, 5.74) is -0.536. The van der Waals surface area contributed by atoms with Gasteiger partial charge in [-0.2, -0.15) is 0 Å². The number of nitrogens with zero attached hydrogens (tertiary/aromatic N) is 2. The smallest absolute Gasteiger partial charge is 0.309 e. The Morgan fingerprint density at radius 1 is 0.921 bits per heavy atom.